The van der Waals surface area contributed by atoms with E-state index in [4.69, 9.17) is 22.1 Å². The fourth-order valence-corrected chi connectivity index (χ4v) is 2.79. The van der Waals surface area contributed by atoms with Crippen LogP contribution in [0.3, 0.4) is 0 Å². The zero-order valence-electron chi connectivity index (χ0n) is 10.8. The van der Waals surface area contributed by atoms with Crippen molar-refractivity contribution in [2.45, 2.75) is 44.1 Å². The largest absolute Gasteiger partial charge is 0.493 e. The molecule has 2 nitrogen and oxygen atoms in total. The van der Waals surface area contributed by atoms with Gasteiger partial charge in [-0.25, -0.2) is 0 Å². The molecule has 0 amide bonds. The van der Waals surface area contributed by atoms with Crippen molar-refractivity contribution in [1.82, 2.24) is 0 Å². The van der Waals surface area contributed by atoms with Crippen LogP contribution < -0.4 is 10.5 Å². The summed E-state index contributed by atoms with van der Waals surface area (Å²) in [6, 6.07) is 6.10. The number of rotatable bonds is 5. The molecule has 0 saturated heterocycles. The van der Waals surface area contributed by atoms with Gasteiger partial charge in [-0.05, 0) is 56.7 Å². The van der Waals surface area contributed by atoms with Gasteiger partial charge in [0, 0.05) is 22.0 Å². The molecule has 0 bridgehead atoms. The number of halogens is 1. The molecule has 2 saturated carbocycles. The first kappa shape index (κ1) is 12.3. The van der Waals surface area contributed by atoms with Crippen molar-refractivity contribution in [2.75, 3.05) is 6.61 Å². The molecule has 2 aliphatic rings. The Bertz CT molecular complexity index is 450. The molecule has 0 aromatic heterocycles. The van der Waals surface area contributed by atoms with E-state index >= 15 is 0 Å². The van der Waals surface area contributed by atoms with Crippen molar-refractivity contribution in [3.8, 4) is 5.75 Å². The summed E-state index contributed by atoms with van der Waals surface area (Å²) in [5.41, 5.74) is 7.47. The van der Waals surface area contributed by atoms with Gasteiger partial charge >= 0.3 is 0 Å². The molecular formula is C15H20ClNO. The highest BCUT2D eigenvalue weighted by molar-refractivity contribution is 6.30. The second kappa shape index (κ2) is 4.43. The molecule has 1 aromatic rings. The number of benzene rings is 1. The van der Waals surface area contributed by atoms with Crippen LogP contribution in [0.2, 0.25) is 5.02 Å². The third kappa shape index (κ3) is 2.24. The molecule has 0 aliphatic heterocycles. The first-order valence-corrected chi connectivity index (χ1v) is 7.18. The van der Waals surface area contributed by atoms with E-state index in [-0.39, 0.29) is 11.5 Å². The van der Waals surface area contributed by atoms with Crippen molar-refractivity contribution in [3.63, 3.8) is 0 Å². The summed E-state index contributed by atoms with van der Waals surface area (Å²) in [5, 5.41) is 0.774. The SMILES string of the molecule is CC(N)C1(c2cc(Cl)ccc2OCC2CC2)CC1. The quantitative estimate of drug-likeness (QED) is 0.884. The number of hydrogen-bond acceptors (Lipinski definition) is 2. The molecule has 1 atom stereocenters. The summed E-state index contributed by atoms with van der Waals surface area (Å²) < 4.78 is 5.98. The number of hydrogen-bond donors (Lipinski definition) is 1. The minimum atomic E-state index is 0.101. The molecule has 1 aromatic carbocycles. The molecule has 3 heteroatoms. The summed E-state index contributed by atoms with van der Waals surface area (Å²) in [5.74, 6) is 1.75. The Hall–Kier alpha value is -0.730. The highest BCUT2D eigenvalue weighted by Crippen LogP contribution is 2.53. The molecule has 0 heterocycles. The van der Waals surface area contributed by atoms with Crippen molar-refractivity contribution in [2.24, 2.45) is 11.7 Å². The standard InChI is InChI=1S/C15H20ClNO/c1-10(17)15(6-7-15)13-8-12(16)4-5-14(13)18-9-11-2-3-11/h4-5,8,10-11H,2-3,6-7,9,17H2,1H3. The Balaban J connectivity index is 1.87. The second-order valence-corrected chi connectivity index (χ2v) is 6.28. The first-order valence-electron chi connectivity index (χ1n) is 6.80. The Kier molecular flexibility index (Phi) is 3.03. The molecule has 3 rings (SSSR count). The predicted octanol–water partition coefficient (Wildman–Crippen LogP) is 3.51. The highest BCUT2D eigenvalue weighted by Gasteiger charge is 2.49. The predicted molar refractivity (Wildman–Crippen MR) is 74.2 cm³/mol. The molecule has 0 spiro atoms. The minimum Gasteiger partial charge on any atom is -0.493 e. The summed E-state index contributed by atoms with van der Waals surface area (Å²) in [6.07, 6.45) is 4.90. The lowest BCUT2D eigenvalue weighted by Crippen LogP contribution is -2.32. The maximum Gasteiger partial charge on any atom is 0.123 e. The highest BCUT2D eigenvalue weighted by atomic mass is 35.5. The fraction of sp³-hybridized carbons (Fsp3) is 0.600. The van der Waals surface area contributed by atoms with Crippen LogP contribution in [-0.2, 0) is 5.41 Å². The summed E-state index contributed by atoms with van der Waals surface area (Å²) in [4.78, 5) is 0. The molecule has 2 aliphatic carbocycles. The fourth-order valence-electron chi connectivity index (χ4n) is 2.61. The summed E-state index contributed by atoms with van der Waals surface area (Å²) >= 11 is 6.13. The molecule has 18 heavy (non-hydrogen) atoms. The van der Waals surface area contributed by atoms with Crippen molar-refractivity contribution in [1.29, 1.82) is 0 Å². The smallest absolute Gasteiger partial charge is 0.123 e. The van der Waals surface area contributed by atoms with E-state index in [1.54, 1.807) is 0 Å². The Morgan fingerprint density at radius 1 is 1.44 bits per heavy atom. The van der Waals surface area contributed by atoms with Gasteiger partial charge in [-0.3, -0.25) is 0 Å². The lowest BCUT2D eigenvalue weighted by Gasteiger charge is -2.23. The maximum atomic E-state index is 6.15. The lowest BCUT2D eigenvalue weighted by atomic mass is 9.89. The van der Waals surface area contributed by atoms with Crippen molar-refractivity contribution in [3.05, 3.63) is 28.8 Å². The molecule has 98 valence electrons. The molecular weight excluding hydrogens is 246 g/mol. The monoisotopic (exact) mass is 265 g/mol. The van der Waals surface area contributed by atoms with E-state index in [0.717, 1.165) is 36.1 Å². The Labute approximate surface area is 113 Å². The van der Waals surface area contributed by atoms with Crippen LogP contribution in [0.4, 0.5) is 0 Å². The molecule has 0 radical (unpaired) electrons. The van der Waals surface area contributed by atoms with Crippen LogP contribution in [-0.4, -0.2) is 12.6 Å². The lowest BCUT2D eigenvalue weighted by molar-refractivity contribution is 0.293. The van der Waals surface area contributed by atoms with E-state index < -0.39 is 0 Å². The van der Waals surface area contributed by atoms with E-state index in [0.29, 0.717) is 0 Å². The van der Waals surface area contributed by atoms with Gasteiger partial charge < -0.3 is 10.5 Å². The van der Waals surface area contributed by atoms with Gasteiger partial charge in [0.15, 0.2) is 0 Å². The van der Waals surface area contributed by atoms with Crippen LogP contribution in [0.1, 0.15) is 38.2 Å². The van der Waals surface area contributed by atoms with Crippen LogP contribution in [0.5, 0.6) is 5.75 Å². The maximum absolute atomic E-state index is 6.15. The van der Waals surface area contributed by atoms with Gasteiger partial charge in [0.25, 0.3) is 0 Å². The third-order valence-electron chi connectivity index (χ3n) is 4.31. The Morgan fingerprint density at radius 3 is 2.72 bits per heavy atom. The first-order chi connectivity index (χ1) is 8.62. The van der Waals surface area contributed by atoms with E-state index in [9.17, 15) is 0 Å². The number of ether oxygens (including phenoxy) is 1. The van der Waals surface area contributed by atoms with Gasteiger partial charge in [-0.2, -0.15) is 0 Å². The van der Waals surface area contributed by atoms with Gasteiger partial charge in [0.1, 0.15) is 5.75 Å². The molecule has 2 N–H and O–H groups in total. The molecule has 2 fully saturated rings. The average Bonchev–Trinajstić information content (AvgIpc) is 3.21. The average molecular weight is 266 g/mol. The minimum absolute atomic E-state index is 0.101. The topological polar surface area (TPSA) is 35.2 Å². The van der Waals surface area contributed by atoms with Gasteiger partial charge in [0.05, 0.1) is 6.61 Å². The van der Waals surface area contributed by atoms with E-state index in [1.165, 1.54) is 18.4 Å². The van der Waals surface area contributed by atoms with Crippen molar-refractivity contribution >= 4 is 11.6 Å². The van der Waals surface area contributed by atoms with Gasteiger partial charge in [-0.15, -0.1) is 0 Å². The van der Waals surface area contributed by atoms with Crippen LogP contribution in [0, 0.1) is 5.92 Å². The zero-order valence-corrected chi connectivity index (χ0v) is 11.5. The third-order valence-corrected chi connectivity index (χ3v) is 4.54. The molecule has 1 unspecified atom stereocenters. The second-order valence-electron chi connectivity index (χ2n) is 5.84. The van der Waals surface area contributed by atoms with Gasteiger partial charge in [0.2, 0.25) is 0 Å². The van der Waals surface area contributed by atoms with E-state index in [2.05, 4.69) is 6.92 Å². The van der Waals surface area contributed by atoms with Crippen LogP contribution >= 0.6 is 11.6 Å². The van der Waals surface area contributed by atoms with Gasteiger partial charge in [-0.1, -0.05) is 11.6 Å². The van der Waals surface area contributed by atoms with Crippen LogP contribution in [0.15, 0.2) is 18.2 Å². The summed E-state index contributed by atoms with van der Waals surface area (Å²) in [6.45, 7) is 2.92. The zero-order chi connectivity index (χ0) is 12.8. The van der Waals surface area contributed by atoms with Crippen molar-refractivity contribution < 1.29 is 4.74 Å². The number of nitrogens with two attached hydrogens (primary N) is 1. The normalized spacial score (nSPS) is 22.6. The Morgan fingerprint density at radius 2 is 2.17 bits per heavy atom. The van der Waals surface area contributed by atoms with Crippen LogP contribution in [0.25, 0.3) is 0 Å². The van der Waals surface area contributed by atoms with E-state index in [1.807, 2.05) is 18.2 Å². The summed E-state index contributed by atoms with van der Waals surface area (Å²) in [7, 11) is 0.